The van der Waals surface area contributed by atoms with Crippen molar-refractivity contribution in [3.63, 3.8) is 0 Å². The van der Waals surface area contributed by atoms with Gasteiger partial charge in [0.1, 0.15) is 0 Å². The molecule has 0 radical (unpaired) electrons. The highest BCUT2D eigenvalue weighted by Crippen LogP contribution is 2.28. The molecule has 1 aromatic rings. The molecule has 122 valence electrons. The van der Waals surface area contributed by atoms with Gasteiger partial charge in [-0.05, 0) is 50.8 Å². The summed E-state index contributed by atoms with van der Waals surface area (Å²) < 4.78 is 11.1. The first-order chi connectivity index (χ1) is 10.7. The second-order valence-electron chi connectivity index (χ2n) is 5.74. The van der Waals surface area contributed by atoms with Gasteiger partial charge >= 0.3 is 0 Å². The van der Waals surface area contributed by atoms with Crippen molar-refractivity contribution in [1.29, 1.82) is 0 Å². The van der Waals surface area contributed by atoms with E-state index in [1.54, 1.807) is 12.1 Å². The number of ether oxygens (including phenoxy) is 2. The maximum Gasteiger partial charge on any atom is 0.251 e. The van der Waals surface area contributed by atoms with Gasteiger partial charge in [-0.15, -0.1) is 0 Å². The number of carbonyl (C=O) groups is 1. The first-order valence-corrected chi connectivity index (χ1v) is 8.42. The Morgan fingerprint density at radius 1 is 1.09 bits per heavy atom. The quantitative estimate of drug-likeness (QED) is 0.833. The number of hydrogen-bond donors (Lipinski definition) is 1. The predicted molar refractivity (Wildman–Crippen MR) is 87.7 cm³/mol. The highest BCUT2D eigenvalue weighted by molar-refractivity contribution is 5.94. The SMILES string of the molecule is CCOc1ccc(C(=O)NCC2CCCCC2)cc1OCC. The van der Waals surface area contributed by atoms with Gasteiger partial charge in [-0.1, -0.05) is 19.3 Å². The molecule has 0 heterocycles. The van der Waals surface area contributed by atoms with Crippen LogP contribution < -0.4 is 14.8 Å². The van der Waals surface area contributed by atoms with Crippen LogP contribution in [0.5, 0.6) is 11.5 Å². The van der Waals surface area contributed by atoms with Gasteiger partial charge in [0.2, 0.25) is 0 Å². The van der Waals surface area contributed by atoms with Crippen LogP contribution in [-0.2, 0) is 0 Å². The third kappa shape index (κ3) is 4.65. The van der Waals surface area contributed by atoms with Gasteiger partial charge in [0, 0.05) is 12.1 Å². The van der Waals surface area contributed by atoms with Crippen molar-refractivity contribution in [2.24, 2.45) is 5.92 Å². The fraction of sp³-hybridized carbons (Fsp3) is 0.611. The molecule has 1 aliphatic carbocycles. The molecule has 0 spiro atoms. The standard InChI is InChI=1S/C18H27NO3/c1-3-21-16-11-10-15(12-17(16)22-4-2)18(20)19-13-14-8-6-5-7-9-14/h10-12,14H,3-9,13H2,1-2H3,(H,19,20). The number of hydrogen-bond acceptors (Lipinski definition) is 3. The van der Waals surface area contributed by atoms with Gasteiger partial charge in [-0.25, -0.2) is 0 Å². The molecule has 22 heavy (non-hydrogen) atoms. The molecule has 0 bridgehead atoms. The Labute approximate surface area is 133 Å². The zero-order valence-corrected chi connectivity index (χ0v) is 13.7. The van der Waals surface area contributed by atoms with Crippen molar-refractivity contribution in [2.45, 2.75) is 46.0 Å². The molecule has 0 saturated heterocycles. The molecule has 2 rings (SSSR count). The van der Waals surface area contributed by atoms with Crippen LogP contribution in [0.3, 0.4) is 0 Å². The Hall–Kier alpha value is -1.71. The van der Waals surface area contributed by atoms with Gasteiger partial charge in [0.25, 0.3) is 5.91 Å². The Kier molecular flexibility index (Phi) is 6.56. The number of carbonyl (C=O) groups excluding carboxylic acids is 1. The van der Waals surface area contributed by atoms with E-state index >= 15 is 0 Å². The van der Waals surface area contributed by atoms with Gasteiger partial charge in [-0.2, -0.15) is 0 Å². The van der Waals surface area contributed by atoms with Crippen LogP contribution in [0.4, 0.5) is 0 Å². The molecule has 4 heteroatoms. The number of rotatable bonds is 7. The highest BCUT2D eigenvalue weighted by Gasteiger charge is 2.16. The minimum Gasteiger partial charge on any atom is -0.490 e. The molecule has 4 nitrogen and oxygen atoms in total. The van der Waals surface area contributed by atoms with E-state index in [-0.39, 0.29) is 5.91 Å². The second kappa shape index (κ2) is 8.66. The van der Waals surface area contributed by atoms with E-state index in [4.69, 9.17) is 9.47 Å². The van der Waals surface area contributed by atoms with E-state index in [1.165, 1.54) is 32.1 Å². The topological polar surface area (TPSA) is 47.6 Å². The smallest absolute Gasteiger partial charge is 0.251 e. The average molecular weight is 305 g/mol. The Bertz CT molecular complexity index is 481. The first kappa shape index (κ1) is 16.7. The Balaban J connectivity index is 1.97. The molecule has 0 aliphatic heterocycles. The molecule has 1 aliphatic rings. The zero-order valence-electron chi connectivity index (χ0n) is 13.7. The first-order valence-electron chi connectivity index (χ1n) is 8.42. The van der Waals surface area contributed by atoms with Crippen LogP contribution in [0.15, 0.2) is 18.2 Å². The molecule has 1 fully saturated rings. The summed E-state index contributed by atoms with van der Waals surface area (Å²) >= 11 is 0. The van der Waals surface area contributed by atoms with Gasteiger partial charge in [0.15, 0.2) is 11.5 Å². The molecular weight excluding hydrogens is 278 g/mol. The summed E-state index contributed by atoms with van der Waals surface area (Å²) in [6, 6.07) is 5.37. The van der Waals surface area contributed by atoms with Crippen LogP contribution in [0.1, 0.15) is 56.3 Å². The molecule has 0 unspecified atom stereocenters. The highest BCUT2D eigenvalue weighted by atomic mass is 16.5. The number of nitrogens with one attached hydrogen (secondary N) is 1. The molecule has 1 saturated carbocycles. The van der Waals surface area contributed by atoms with E-state index in [9.17, 15) is 4.79 Å². The molecule has 1 aromatic carbocycles. The summed E-state index contributed by atoms with van der Waals surface area (Å²) in [5, 5.41) is 3.05. The summed E-state index contributed by atoms with van der Waals surface area (Å²) in [6.45, 7) is 5.75. The summed E-state index contributed by atoms with van der Waals surface area (Å²) in [4.78, 5) is 12.3. The summed E-state index contributed by atoms with van der Waals surface area (Å²) in [5.74, 6) is 1.92. The lowest BCUT2D eigenvalue weighted by Gasteiger charge is -2.21. The second-order valence-corrected chi connectivity index (χ2v) is 5.74. The summed E-state index contributed by atoms with van der Waals surface area (Å²) in [5.41, 5.74) is 0.628. The minimum absolute atomic E-state index is 0.0328. The van der Waals surface area contributed by atoms with E-state index in [2.05, 4.69) is 5.32 Å². The van der Waals surface area contributed by atoms with Crippen LogP contribution in [0, 0.1) is 5.92 Å². The van der Waals surface area contributed by atoms with Crippen molar-refractivity contribution < 1.29 is 14.3 Å². The van der Waals surface area contributed by atoms with Crippen molar-refractivity contribution >= 4 is 5.91 Å². The third-order valence-corrected chi connectivity index (χ3v) is 4.08. The lowest BCUT2D eigenvalue weighted by atomic mass is 9.89. The lowest BCUT2D eigenvalue weighted by molar-refractivity contribution is 0.0943. The van der Waals surface area contributed by atoms with Crippen LogP contribution in [0.25, 0.3) is 0 Å². The summed E-state index contributed by atoms with van der Waals surface area (Å²) in [7, 11) is 0. The number of amides is 1. The molecule has 1 N–H and O–H groups in total. The maximum absolute atomic E-state index is 12.3. The van der Waals surface area contributed by atoms with Crippen molar-refractivity contribution in [1.82, 2.24) is 5.32 Å². The van der Waals surface area contributed by atoms with E-state index in [0.29, 0.717) is 36.2 Å². The molecular formula is C18H27NO3. The van der Waals surface area contributed by atoms with Crippen molar-refractivity contribution in [3.8, 4) is 11.5 Å². The fourth-order valence-electron chi connectivity index (χ4n) is 2.92. The normalized spacial score (nSPS) is 15.4. The predicted octanol–water partition coefficient (Wildman–Crippen LogP) is 3.79. The van der Waals surface area contributed by atoms with Gasteiger partial charge < -0.3 is 14.8 Å². The van der Waals surface area contributed by atoms with Crippen LogP contribution in [-0.4, -0.2) is 25.7 Å². The van der Waals surface area contributed by atoms with Crippen LogP contribution >= 0.6 is 0 Å². The van der Waals surface area contributed by atoms with E-state index in [1.807, 2.05) is 19.9 Å². The van der Waals surface area contributed by atoms with Gasteiger partial charge in [0.05, 0.1) is 13.2 Å². The largest absolute Gasteiger partial charge is 0.490 e. The van der Waals surface area contributed by atoms with Crippen LogP contribution in [0.2, 0.25) is 0 Å². The zero-order chi connectivity index (χ0) is 15.8. The molecule has 0 aromatic heterocycles. The number of benzene rings is 1. The Morgan fingerprint density at radius 3 is 2.45 bits per heavy atom. The van der Waals surface area contributed by atoms with E-state index < -0.39 is 0 Å². The monoisotopic (exact) mass is 305 g/mol. The average Bonchev–Trinajstić information content (AvgIpc) is 2.55. The minimum atomic E-state index is -0.0328. The Morgan fingerprint density at radius 2 is 1.77 bits per heavy atom. The van der Waals surface area contributed by atoms with Crippen molar-refractivity contribution in [3.05, 3.63) is 23.8 Å². The molecule has 1 amide bonds. The lowest BCUT2D eigenvalue weighted by Crippen LogP contribution is -2.30. The van der Waals surface area contributed by atoms with E-state index in [0.717, 1.165) is 6.54 Å². The van der Waals surface area contributed by atoms with Gasteiger partial charge in [-0.3, -0.25) is 4.79 Å². The fourth-order valence-corrected chi connectivity index (χ4v) is 2.92. The summed E-state index contributed by atoms with van der Waals surface area (Å²) in [6.07, 6.45) is 6.37. The third-order valence-electron chi connectivity index (χ3n) is 4.08. The van der Waals surface area contributed by atoms with Crippen molar-refractivity contribution in [2.75, 3.05) is 19.8 Å². The maximum atomic E-state index is 12.3. The molecule has 0 atom stereocenters.